The van der Waals surface area contributed by atoms with Crippen LogP contribution in [0.25, 0.3) is 0 Å². The molecule has 0 bridgehead atoms. The zero-order valence-corrected chi connectivity index (χ0v) is 77.3. The molecule has 0 aromatic heterocycles. The monoisotopic (exact) mass is 1700 g/mol. The number of hydrogen-bond acceptors (Lipinski definition) is 24. The average molecular weight is 1700 g/mol. The van der Waals surface area contributed by atoms with Crippen LogP contribution in [-0.2, 0) is 85.7 Å². The van der Waals surface area contributed by atoms with Gasteiger partial charge in [0.1, 0.15) is 40.2 Å². The van der Waals surface area contributed by atoms with Crippen LogP contribution in [-0.4, -0.2) is 241 Å². The first kappa shape index (κ1) is 111. The lowest BCUT2D eigenvalue weighted by atomic mass is 9.98. The molecule has 4 atom stereocenters. The van der Waals surface area contributed by atoms with Gasteiger partial charge in [-0.15, -0.1) is 0 Å². The topological polar surface area (TPSA) is 385 Å². The number of unbranched alkanes of at least 4 members (excludes halogenated alkanes) is 19. The van der Waals surface area contributed by atoms with E-state index in [1.807, 2.05) is 41.5 Å². The van der Waals surface area contributed by atoms with Gasteiger partial charge in [-0.2, -0.15) is 0 Å². The highest BCUT2D eigenvalue weighted by Crippen LogP contribution is 2.25. The largest absolute Gasteiger partial charge is 0.462 e. The summed E-state index contributed by atoms with van der Waals surface area (Å²) in [4.78, 5) is 174. The third kappa shape index (κ3) is 63.6. The van der Waals surface area contributed by atoms with Crippen molar-refractivity contribution >= 4 is 78.2 Å². The van der Waals surface area contributed by atoms with Crippen LogP contribution in [0.2, 0.25) is 0 Å². The molecule has 0 aromatic rings. The molecule has 0 heterocycles. The van der Waals surface area contributed by atoms with Crippen molar-refractivity contribution in [3.05, 3.63) is 0 Å². The number of alkyl carbamates (subject to hydrolysis) is 2. The summed E-state index contributed by atoms with van der Waals surface area (Å²) in [5.74, 6) is -5.42. The molecule has 4 N–H and O–H groups in total. The normalized spacial score (nSPS) is 12.9. The lowest BCUT2D eigenvalue weighted by molar-refractivity contribution is -0.203. The molecule has 32 nitrogen and oxygen atoms in total. The first-order chi connectivity index (χ1) is 55.2. The minimum atomic E-state index is -1.83. The molecule has 0 aromatic carbocycles. The average Bonchev–Trinajstić information content (AvgIpc) is 0.817. The van der Waals surface area contributed by atoms with E-state index in [4.69, 9.17) is 52.1 Å². The first-order valence-corrected chi connectivity index (χ1v) is 43.5. The van der Waals surface area contributed by atoms with E-state index in [-0.39, 0.29) is 57.6 Å². The maximum absolute atomic E-state index is 14.4. The summed E-state index contributed by atoms with van der Waals surface area (Å²) < 4.78 is 60.8. The second kappa shape index (κ2) is 58.8. The standard InChI is InChI=1S/C87H158N8O24/c1-64(96)109-63-70(110-65(2)97)72(111-66(3)98)73(112-67(4)99)74(113-68(5)100)75(102)89-52-42-37-34-32-30-28-26-24-25-27-29-31-33-35-40-50-71(101)88-51-41-38-36-39-49-69(61-94(80(107)118-86(18,19)20)57-45-43-55-92(78(105)116-84(12,13)14)59-47-53-90-76(103)114-82(6,7)8)62-95(81(108)119-87(21,22)23)58-46-44-56-93(79(106)117-85(15,16)17)60-48-54-91-77(104)115-83(9,10)11/h69-70,72-74H,24-63H2,1-23H3,(H,88,101)(H,89,102)(H,90,103)(H,91,104)/t70-,72+,73-,74+/m0/s1. The molecule has 8 amide bonds. The van der Waals surface area contributed by atoms with Gasteiger partial charge in [0.15, 0.2) is 18.3 Å². The van der Waals surface area contributed by atoms with Gasteiger partial charge in [-0.25, -0.2) is 28.8 Å². The molecule has 0 aliphatic carbocycles. The molecule has 119 heavy (non-hydrogen) atoms. The summed E-state index contributed by atoms with van der Waals surface area (Å²) in [5.41, 5.74) is -4.53. The second-order valence-corrected chi connectivity index (χ2v) is 36.7. The van der Waals surface area contributed by atoms with E-state index in [1.165, 1.54) is 6.42 Å². The van der Waals surface area contributed by atoms with E-state index in [9.17, 15) is 62.3 Å². The van der Waals surface area contributed by atoms with E-state index in [2.05, 4.69) is 21.3 Å². The van der Waals surface area contributed by atoms with E-state index in [1.54, 1.807) is 103 Å². The fourth-order valence-electron chi connectivity index (χ4n) is 12.4. The number of ether oxygens (including phenoxy) is 11. The SMILES string of the molecule is CC(=O)OC[C@H](OC(C)=O)[C@@H](OC(C)=O)[C@H](OC(C)=O)[C@@H](OC(C)=O)C(=O)NCCCCCCCCCCCCCCCCCC(=O)NCCCCCCC(CN(CCCCN(CCCNC(=O)OC(C)(C)C)C(=O)OC(C)(C)C)C(=O)OC(C)(C)C)CN(CCCCN(CCCNC(=O)OC(C)(C)C)C(=O)OC(C)(C)C)C(=O)OC(C)(C)C. The van der Waals surface area contributed by atoms with Crippen molar-refractivity contribution in [2.75, 3.05) is 85.1 Å². The van der Waals surface area contributed by atoms with Gasteiger partial charge in [0.2, 0.25) is 12.0 Å². The van der Waals surface area contributed by atoms with E-state index >= 15 is 0 Å². The Hall–Kier alpha value is -8.09. The molecular formula is C87H158N8O24. The molecule has 0 unspecified atom stereocenters. The van der Waals surface area contributed by atoms with Gasteiger partial charge >= 0.3 is 66.4 Å². The Bertz CT molecular complexity index is 2890. The smallest absolute Gasteiger partial charge is 0.410 e. The number of carbonyl (C=O) groups is 13. The summed E-state index contributed by atoms with van der Waals surface area (Å²) in [6.45, 7) is 40.4. The molecule has 0 aliphatic heterocycles. The Balaban J connectivity index is 5.83. The van der Waals surface area contributed by atoms with Crippen LogP contribution in [0.15, 0.2) is 0 Å². The van der Waals surface area contributed by atoms with Crippen molar-refractivity contribution in [2.45, 2.75) is 391 Å². The van der Waals surface area contributed by atoms with Crippen molar-refractivity contribution in [3.8, 4) is 0 Å². The molecular weight excluding hydrogens is 1540 g/mol. The van der Waals surface area contributed by atoms with Crippen molar-refractivity contribution in [3.63, 3.8) is 0 Å². The Morgan fingerprint density at radius 3 is 0.924 bits per heavy atom. The van der Waals surface area contributed by atoms with Crippen molar-refractivity contribution in [1.29, 1.82) is 0 Å². The number of amides is 8. The third-order valence-corrected chi connectivity index (χ3v) is 17.5. The molecule has 0 fully saturated rings. The first-order valence-electron chi connectivity index (χ1n) is 43.5. The quantitative estimate of drug-likeness (QED) is 0.0250. The van der Waals surface area contributed by atoms with Crippen molar-refractivity contribution in [2.24, 2.45) is 5.92 Å². The maximum Gasteiger partial charge on any atom is 0.410 e. The van der Waals surface area contributed by atoms with Crippen LogP contribution in [0.4, 0.5) is 28.8 Å². The van der Waals surface area contributed by atoms with Gasteiger partial charge in [-0.05, 0) is 195 Å². The lowest BCUT2D eigenvalue weighted by Gasteiger charge is -2.34. The van der Waals surface area contributed by atoms with E-state index in [0.717, 1.165) is 144 Å². The molecule has 0 radical (unpaired) electrons. The van der Waals surface area contributed by atoms with Crippen LogP contribution in [0.5, 0.6) is 0 Å². The van der Waals surface area contributed by atoms with E-state index in [0.29, 0.717) is 90.5 Å². The van der Waals surface area contributed by atoms with E-state index < -0.39 is 137 Å². The van der Waals surface area contributed by atoms with Crippen LogP contribution in [0.3, 0.4) is 0 Å². The molecule has 0 saturated carbocycles. The van der Waals surface area contributed by atoms with Gasteiger partial charge in [-0.1, -0.05) is 103 Å². The molecule has 0 saturated heterocycles. The van der Waals surface area contributed by atoms with Gasteiger partial charge in [0.05, 0.1) is 0 Å². The highest BCUT2D eigenvalue weighted by Gasteiger charge is 2.47. The zero-order chi connectivity index (χ0) is 90.6. The number of rotatable bonds is 57. The number of carbonyl (C=O) groups excluding carboxylic acids is 13. The highest BCUT2D eigenvalue weighted by atomic mass is 16.6. The van der Waals surface area contributed by atoms with Gasteiger partial charge in [0.25, 0.3) is 5.91 Å². The number of esters is 5. The Morgan fingerprint density at radius 1 is 0.286 bits per heavy atom. The summed E-state index contributed by atoms with van der Waals surface area (Å²) in [5, 5.41) is 11.3. The molecule has 0 rings (SSSR count). The highest BCUT2D eigenvalue weighted by molar-refractivity contribution is 5.85. The zero-order valence-electron chi connectivity index (χ0n) is 77.3. The van der Waals surface area contributed by atoms with Crippen LogP contribution >= 0.6 is 0 Å². The van der Waals surface area contributed by atoms with Gasteiger partial charge in [-0.3, -0.25) is 33.6 Å². The minimum Gasteiger partial charge on any atom is -0.462 e. The van der Waals surface area contributed by atoms with Crippen molar-refractivity contribution in [1.82, 2.24) is 40.9 Å². The third-order valence-electron chi connectivity index (χ3n) is 17.5. The molecule has 0 spiro atoms. The summed E-state index contributed by atoms with van der Waals surface area (Å²) in [7, 11) is 0. The summed E-state index contributed by atoms with van der Waals surface area (Å²) in [6.07, 6.45) is 12.5. The predicted molar refractivity (Wildman–Crippen MR) is 453 cm³/mol. The lowest BCUT2D eigenvalue weighted by Crippen LogP contribution is -2.57. The van der Waals surface area contributed by atoms with Crippen LogP contribution in [0.1, 0.15) is 333 Å². The molecule has 690 valence electrons. The molecule has 32 heteroatoms. The van der Waals surface area contributed by atoms with Crippen molar-refractivity contribution < 1.29 is 114 Å². The fraction of sp³-hybridized carbons (Fsp3) is 0.851. The number of hydrogen-bond donors (Lipinski definition) is 4. The Kier molecular flexibility index (Phi) is 54.8. The van der Waals surface area contributed by atoms with Gasteiger partial charge in [0, 0.05) is 120 Å². The minimum absolute atomic E-state index is 0.0377. The van der Waals surface area contributed by atoms with Crippen LogP contribution in [0, 0.1) is 5.92 Å². The second-order valence-electron chi connectivity index (χ2n) is 36.7. The predicted octanol–water partition coefficient (Wildman–Crippen LogP) is 15.7. The number of nitrogens with zero attached hydrogens (tertiary/aromatic N) is 4. The Morgan fingerprint density at radius 2 is 0.580 bits per heavy atom. The Labute approximate surface area is 712 Å². The summed E-state index contributed by atoms with van der Waals surface area (Å²) >= 11 is 0. The number of nitrogens with one attached hydrogen (secondary N) is 4. The molecule has 0 aliphatic rings. The maximum atomic E-state index is 14.4. The van der Waals surface area contributed by atoms with Gasteiger partial charge < -0.3 is 93.0 Å². The summed E-state index contributed by atoms with van der Waals surface area (Å²) in [6, 6.07) is 0. The van der Waals surface area contributed by atoms with Crippen LogP contribution < -0.4 is 21.3 Å². The fourth-order valence-corrected chi connectivity index (χ4v) is 12.4.